The van der Waals surface area contributed by atoms with Crippen molar-refractivity contribution in [2.24, 2.45) is 0 Å². The average molecular weight is 230 g/mol. The van der Waals surface area contributed by atoms with E-state index in [4.69, 9.17) is 0 Å². The van der Waals surface area contributed by atoms with Crippen LogP contribution >= 0.6 is 0 Å². The van der Waals surface area contributed by atoms with Crippen molar-refractivity contribution in [3.63, 3.8) is 0 Å². The molecule has 0 saturated carbocycles. The molecule has 2 atom stereocenters. The molecule has 2 fully saturated rings. The van der Waals surface area contributed by atoms with Crippen molar-refractivity contribution < 1.29 is 4.79 Å². The molecule has 3 nitrogen and oxygen atoms in total. The predicted molar refractivity (Wildman–Crippen MR) is 68.0 cm³/mol. The number of hydrogen-bond acceptors (Lipinski definition) is 2. The van der Waals surface area contributed by atoms with Gasteiger partial charge in [-0.2, -0.15) is 0 Å². The van der Waals surface area contributed by atoms with Crippen LogP contribution in [0.4, 0.5) is 5.69 Å². The molecule has 3 heteroatoms. The fourth-order valence-corrected chi connectivity index (χ4v) is 3.11. The SMILES string of the molecule is CCC(=O)N1CC2CC1CN2c1ccccc1. The highest BCUT2D eigenvalue weighted by atomic mass is 16.2. The second-order valence-electron chi connectivity index (χ2n) is 4.93. The minimum absolute atomic E-state index is 0.310. The Bertz CT molecular complexity index is 417. The van der Waals surface area contributed by atoms with E-state index in [1.54, 1.807) is 0 Å². The normalized spacial score (nSPS) is 26.6. The lowest BCUT2D eigenvalue weighted by Gasteiger charge is -2.35. The Morgan fingerprint density at radius 1 is 1.24 bits per heavy atom. The zero-order valence-corrected chi connectivity index (χ0v) is 10.2. The van der Waals surface area contributed by atoms with E-state index in [2.05, 4.69) is 34.1 Å². The number of para-hydroxylation sites is 1. The lowest BCUT2D eigenvalue weighted by Crippen LogP contribution is -2.48. The first kappa shape index (κ1) is 10.6. The van der Waals surface area contributed by atoms with Gasteiger partial charge in [0.2, 0.25) is 5.91 Å². The molecule has 2 aliphatic heterocycles. The molecule has 0 spiro atoms. The summed E-state index contributed by atoms with van der Waals surface area (Å²) in [5, 5.41) is 0. The van der Waals surface area contributed by atoms with Crippen molar-refractivity contribution in [2.45, 2.75) is 31.8 Å². The number of amides is 1. The molecule has 2 saturated heterocycles. The van der Waals surface area contributed by atoms with Gasteiger partial charge in [0.25, 0.3) is 0 Å². The van der Waals surface area contributed by atoms with Crippen LogP contribution in [0, 0.1) is 0 Å². The molecule has 1 amide bonds. The lowest BCUT2D eigenvalue weighted by molar-refractivity contribution is -0.131. The fraction of sp³-hybridized carbons (Fsp3) is 0.500. The van der Waals surface area contributed by atoms with Crippen LogP contribution in [0.1, 0.15) is 19.8 Å². The summed E-state index contributed by atoms with van der Waals surface area (Å²) in [6.07, 6.45) is 1.77. The highest BCUT2D eigenvalue weighted by Gasteiger charge is 2.44. The third-order valence-corrected chi connectivity index (χ3v) is 3.95. The smallest absolute Gasteiger partial charge is 0.222 e. The highest BCUT2D eigenvalue weighted by molar-refractivity contribution is 5.77. The molecule has 17 heavy (non-hydrogen) atoms. The van der Waals surface area contributed by atoms with Crippen molar-refractivity contribution in [1.82, 2.24) is 4.90 Å². The monoisotopic (exact) mass is 230 g/mol. The summed E-state index contributed by atoms with van der Waals surface area (Å²) in [6, 6.07) is 11.5. The third-order valence-electron chi connectivity index (χ3n) is 3.95. The zero-order valence-electron chi connectivity index (χ0n) is 10.2. The molecular formula is C14H18N2O. The lowest BCUT2D eigenvalue weighted by atomic mass is 10.2. The molecule has 3 rings (SSSR count). The van der Waals surface area contributed by atoms with Gasteiger partial charge in [0.15, 0.2) is 0 Å². The number of likely N-dealkylation sites (tertiary alicyclic amines) is 1. The summed E-state index contributed by atoms with van der Waals surface area (Å²) in [5.74, 6) is 0.310. The Hall–Kier alpha value is -1.51. The van der Waals surface area contributed by atoms with Crippen LogP contribution in [0.25, 0.3) is 0 Å². The average Bonchev–Trinajstić information content (AvgIpc) is 2.98. The third kappa shape index (κ3) is 1.70. The second kappa shape index (κ2) is 4.06. The molecule has 1 aromatic carbocycles. The van der Waals surface area contributed by atoms with Gasteiger partial charge in [-0.3, -0.25) is 4.79 Å². The molecule has 0 aliphatic carbocycles. The number of carbonyl (C=O) groups excluding carboxylic acids is 1. The summed E-state index contributed by atoms with van der Waals surface area (Å²) in [7, 11) is 0. The van der Waals surface area contributed by atoms with Crippen LogP contribution in [0.3, 0.4) is 0 Å². The maximum absolute atomic E-state index is 11.8. The number of fused-ring (bicyclic) bond motifs is 2. The largest absolute Gasteiger partial charge is 0.365 e. The van der Waals surface area contributed by atoms with Gasteiger partial charge in [0.05, 0.1) is 6.04 Å². The van der Waals surface area contributed by atoms with E-state index in [1.807, 2.05) is 13.0 Å². The number of anilines is 1. The second-order valence-corrected chi connectivity index (χ2v) is 4.93. The number of carbonyl (C=O) groups is 1. The van der Waals surface area contributed by atoms with Gasteiger partial charge >= 0.3 is 0 Å². The number of benzene rings is 1. The minimum Gasteiger partial charge on any atom is -0.365 e. The standard InChI is InChI=1S/C14H18N2O/c1-2-14(17)16-10-12-8-13(16)9-15(12)11-6-4-3-5-7-11/h3-7,12-13H,2,8-10H2,1H3. The van der Waals surface area contributed by atoms with E-state index in [0.717, 1.165) is 19.5 Å². The van der Waals surface area contributed by atoms with Gasteiger partial charge in [-0.15, -0.1) is 0 Å². The molecular weight excluding hydrogens is 212 g/mol. The summed E-state index contributed by atoms with van der Waals surface area (Å²) in [5.41, 5.74) is 1.29. The number of rotatable bonds is 2. The topological polar surface area (TPSA) is 23.6 Å². The van der Waals surface area contributed by atoms with Crippen molar-refractivity contribution in [1.29, 1.82) is 0 Å². The van der Waals surface area contributed by atoms with Crippen molar-refractivity contribution in [2.75, 3.05) is 18.0 Å². The van der Waals surface area contributed by atoms with Crippen LogP contribution < -0.4 is 4.90 Å². The van der Waals surface area contributed by atoms with Gasteiger partial charge in [-0.05, 0) is 18.6 Å². The van der Waals surface area contributed by atoms with E-state index in [-0.39, 0.29) is 0 Å². The van der Waals surface area contributed by atoms with E-state index >= 15 is 0 Å². The molecule has 2 bridgehead atoms. The first-order valence-electron chi connectivity index (χ1n) is 6.40. The summed E-state index contributed by atoms with van der Waals surface area (Å²) in [6.45, 7) is 3.86. The van der Waals surface area contributed by atoms with E-state index in [1.165, 1.54) is 5.69 Å². The van der Waals surface area contributed by atoms with Gasteiger partial charge in [-0.25, -0.2) is 0 Å². The van der Waals surface area contributed by atoms with E-state index in [9.17, 15) is 4.79 Å². The Kier molecular flexibility index (Phi) is 2.54. The number of hydrogen-bond donors (Lipinski definition) is 0. The minimum atomic E-state index is 0.310. The van der Waals surface area contributed by atoms with Gasteiger partial charge in [-0.1, -0.05) is 25.1 Å². The fourth-order valence-electron chi connectivity index (χ4n) is 3.11. The first-order valence-corrected chi connectivity index (χ1v) is 6.40. The van der Waals surface area contributed by atoms with Gasteiger partial charge in [0.1, 0.15) is 0 Å². The summed E-state index contributed by atoms with van der Waals surface area (Å²) < 4.78 is 0. The molecule has 0 N–H and O–H groups in total. The molecule has 90 valence electrons. The first-order chi connectivity index (χ1) is 8.29. The molecule has 2 heterocycles. The Morgan fingerprint density at radius 2 is 2.00 bits per heavy atom. The summed E-state index contributed by atoms with van der Waals surface area (Å²) in [4.78, 5) is 16.3. The van der Waals surface area contributed by atoms with Crippen molar-refractivity contribution >= 4 is 11.6 Å². The van der Waals surface area contributed by atoms with Crippen LogP contribution in [0.5, 0.6) is 0 Å². The van der Waals surface area contributed by atoms with E-state index in [0.29, 0.717) is 24.4 Å². The van der Waals surface area contributed by atoms with E-state index < -0.39 is 0 Å². The molecule has 1 aromatic rings. The molecule has 0 aromatic heterocycles. The molecule has 0 radical (unpaired) electrons. The van der Waals surface area contributed by atoms with Crippen LogP contribution in [0.15, 0.2) is 30.3 Å². The quantitative estimate of drug-likeness (QED) is 0.774. The van der Waals surface area contributed by atoms with Crippen LogP contribution in [0.2, 0.25) is 0 Å². The van der Waals surface area contributed by atoms with Crippen molar-refractivity contribution in [3.8, 4) is 0 Å². The van der Waals surface area contributed by atoms with Crippen LogP contribution in [-0.2, 0) is 4.79 Å². The number of piperazine rings is 1. The predicted octanol–water partition coefficient (Wildman–Crippen LogP) is 1.89. The molecule has 2 unspecified atom stereocenters. The summed E-state index contributed by atoms with van der Waals surface area (Å²) >= 11 is 0. The highest BCUT2D eigenvalue weighted by Crippen LogP contribution is 2.34. The Balaban J connectivity index is 1.74. The van der Waals surface area contributed by atoms with Crippen molar-refractivity contribution in [3.05, 3.63) is 30.3 Å². The number of nitrogens with zero attached hydrogens (tertiary/aromatic N) is 2. The van der Waals surface area contributed by atoms with Gasteiger partial charge < -0.3 is 9.80 Å². The Morgan fingerprint density at radius 3 is 2.59 bits per heavy atom. The molecule has 2 aliphatic rings. The maximum Gasteiger partial charge on any atom is 0.222 e. The zero-order chi connectivity index (χ0) is 11.8. The van der Waals surface area contributed by atoms with Gasteiger partial charge in [0, 0.05) is 31.2 Å². The Labute approximate surface area is 102 Å². The van der Waals surface area contributed by atoms with Crippen LogP contribution in [-0.4, -0.2) is 36.0 Å². The maximum atomic E-state index is 11.8.